The van der Waals surface area contributed by atoms with E-state index in [1.165, 1.54) is 0 Å². The van der Waals surface area contributed by atoms with Gasteiger partial charge in [-0.15, -0.1) is 0 Å². The third kappa shape index (κ3) is 4.86. The molecule has 0 aromatic carbocycles. The molecule has 1 rings (SSSR count). The summed E-state index contributed by atoms with van der Waals surface area (Å²) in [4.78, 5) is 10.5. The quantitative estimate of drug-likeness (QED) is 0.629. The van der Waals surface area contributed by atoms with E-state index in [9.17, 15) is 9.35 Å². The van der Waals surface area contributed by atoms with E-state index in [1.807, 2.05) is 27.7 Å². The molecule has 1 aliphatic rings. The molecule has 1 amide bonds. The molecule has 0 aromatic heterocycles. The topological polar surface area (TPSA) is 87.7 Å². The first-order valence-corrected chi connectivity index (χ1v) is 7.21. The number of hydrogen-bond donors (Lipinski definition) is 1. The highest BCUT2D eigenvalue weighted by molar-refractivity contribution is 7.91. The summed E-state index contributed by atoms with van der Waals surface area (Å²) in [6.45, 7) is 7.60. The summed E-state index contributed by atoms with van der Waals surface area (Å²) in [5.74, 6) is 0.454. The number of rotatable bonds is 4. The first kappa shape index (κ1) is 15.3. The average Bonchev–Trinajstić information content (AvgIpc) is 2.11. The summed E-state index contributed by atoms with van der Waals surface area (Å²) in [6, 6.07) is 0. The number of amides is 1. The van der Waals surface area contributed by atoms with E-state index in [0.29, 0.717) is 5.92 Å². The molecule has 1 aliphatic carbocycles. The van der Waals surface area contributed by atoms with Crippen LogP contribution in [0.25, 0.3) is 0 Å². The molecule has 0 bridgehead atoms. The Morgan fingerprint density at radius 2 is 2.06 bits per heavy atom. The van der Waals surface area contributed by atoms with Gasteiger partial charge < -0.3 is 15.0 Å². The number of carbonyl (C=O) groups is 1. The lowest BCUT2D eigenvalue weighted by molar-refractivity contribution is 0.0248. The van der Waals surface area contributed by atoms with E-state index in [-0.39, 0.29) is 10.9 Å². The van der Waals surface area contributed by atoms with Gasteiger partial charge in [-0.05, 0) is 52.9 Å². The highest BCUT2D eigenvalue weighted by atomic mass is 32.2. The Balaban J connectivity index is 2.33. The van der Waals surface area contributed by atoms with E-state index >= 15 is 0 Å². The van der Waals surface area contributed by atoms with Crippen LogP contribution in [0.4, 0.5) is 4.79 Å². The lowest BCUT2D eigenvalue weighted by Crippen LogP contribution is -2.36. The Labute approximate surface area is 111 Å². The molecule has 1 fully saturated rings. The van der Waals surface area contributed by atoms with Crippen LogP contribution in [0.15, 0.2) is 4.40 Å². The molecule has 2 N–H and O–H groups in total. The van der Waals surface area contributed by atoms with Crippen molar-refractivity contribution in [2.45, 2.75) is 57.8 Å². The molecule has 0 radical (unpaired) electrons. The molecule has 1 atom stereocenters. The van der Waals surface area contributed by atoms with Gasteiger partial charge in [-0.1, -0.05) is 4.40 Å². The summed E-state index contributed by atoms with van der Waals surface area (Å²) < 4.78 is 20.6. The summed E-state index contributed by atoms with van der Waals surface area (Å²) in [6.07, 6.45) is 1.68. The molecule has 0 unspecified atom stereocenters. The molecule has 5 nitrogen and oxygen atoms in total. The largest absolute Gasteiger partial charge is 0.591 e. The van der Waals surface area contributed by atoms with Crippen molar-refractivity contribution in [1.29, 1.82) is 0 Å². The minimum atomic E-state index is -1.20. The number of primary amides is 1. The minimum absolute atomic E-state index is 0.0478. The Kier molecular flexibility index (Phi) is 5.04. The molecular formula is C12H22N2O3S. The number of hydrogen-bond acceptors (Lipinski definition) is 4. The minimum Gasteiger partial charge on any atom is -0.591 e. The second-order valence-corrected chi connectivity index (χ2v) is 7.69. The van der Waals surface area contributed by atoms with Gasteiger partial charge in [0.15, 0.2) is 0 Å². The van der Waals surface area contributed by atoms with E-state index in [0.717, 1.165) is 25.0 Å². The lowest BCUT2D eigenvalue weighted by atomic mass is 9.79. The van der Waals surface area contributed by atoms with E-state index < -0.39 is 17.5 Å². The van der Waals surface area contributed by atoms with Crippen LogP contribution in [0.3, 0.4) is 0 Å². The summed E-state index contributed by atoms with van der Waals surface area (Å²) in [5.41, 5.74) is 5.83. The van der Waals surface area contributed by atoms with Crippen molar-refractivity contribution >= 4 is 23.2 Å². The lowest BCUT2D eigenvalue weighted by Gasteiger charge is -2.34. The van der Waals surface area contributed by atoms with Crippen LogP contribution >= 0.6 is 0 Å². The van der Waals surface area contributed by atoms with Crippen LogP contribution in [-0.2, 0) is 16.1 Å². The Morgan fingerprint density at radius 3 is 2.50 bits per heavy atom. The monoisotopic (exact) mass is 274 g/mol. The summed E-state index contributed by atoms with van der Waals surface area (Å²) in [7, 11) is 0. The molecule has 104 valence electrons. The zero-order chi connectivity index (χ0) is 13.9. The molecule has 0 spiro atoms. The second kappa shape index (κ2) is 5.93. The number of carbonyl (C=O) groups excluding carboxylic acids is 1. The van der Waals surface area contributed by atoms with Crippen molar-refractivity contribution in [2.75, 3.05) is 0 Å². The van der Waals surface area contributed by atoms with Crippen LogP contribution in [0, 0.1) is 5.92 Å². The van der Waals surface area contributed by atoms with Gasteiger partial charge in [0.2, 0.25) is 0 Å². The molecule has 0 aromatic rings. The van der Waals surface area contributed by atoms with Gasteiger partial charge in [0, 0.05) is 0 Å². The zero-order valence-corrected chi connectivity index (χ0v) is 12.3. The molecular weight excluding hydrogens is 252 g/mol. The highest BCUT2D eigenvalue weighted by Gasteiger charge is 2.33. The predicted octanol–water partition coefficient (Wildman–Crippen LogP) is 2.17. The fraction of sp³-hybridized carbons (Fsp3) is 0.833. The van der Waals surface area contributed by atoms with Gasteiger partial charge in [0.05, 0.1) is 5.71 Å². The fourth-order valence-electron chi connectivity index (χ4n) is 1.84. The van der Waals surface area contributed by atoms with Crippen molar-refractivity contribution < 1.29 is 14.1 Å². The van der Waals surface area contributed by atoms with Crippen LogP contribution < -0.4 is 5.73 Å². The van der Waals surface area contributed by atoms with Gasteiger partial charge >= 0.3 is 6.09 Å². The normalized spacial score (nSPS) is 26.4. The van der Waals surface area contributed by atoms with Crippen LogP contribution in [0.2, 0.25) is 0 Å². The van der Waals surface area contributed by atoms with Gasteiger partial charge in [0.1, 0.15) is 22.2 Å². The van der Waals surface area contributed by atoms with Crippen molar-refractivity contribution in [3.8, 4) is 0 Å². The first-order valence-electron chi connectivity index (χ1n) is 6.10. The van der Waals surface area contributed by atoms with Gasteiger partial charge in [-0.2, -0.15) is 0 Å². The molecule has 1 saturated carbocycles. The molecule has 0 heterocycles. The number of nitrogens with zero attached hydrogens (tertiary/aromatic N) is 1. The van der Waals surface area contributed by atoms with Crippen LogP contribution in [0.5, 0.6) is 0 Å². The highest BCUT2D eigenvalue weighted by Crippen LogP contribution is 2.33. The van der Waals surface area contributed by atoms with Gasteiger partial charge in [-0.25, -0.2) is 4.79 Å². The molecule has 0 aliphatic heterocycles. The standard InChI is InChI=1S/C12H22N2O3S/c1-8(14-18(16)12(2,3)4)5-9-6-10(7-9)17-11(13)15/h9-10H,5-7H2,1-4H3,(H2,13,15)/b14-8+/t9?,10?,18-/m1/s1. The number of nitrogens with two attached hydrogens (primary N) is 1. The van der Waals surface area contributed by atoms with E-state index in [4.69, 9.17) is 10.5 Å². The number of ether oxygens (including phenoxy) is 1. The van der Waals surface area contributed by atoms with E-state index in [1.54, 1.807) is 0 Å². The van der Waals surface area contributed by atoms with Crippen molar-refractivity contribution in [2.24, 2.45) is 16.0 Å². The predicted molar refractivity (Wildman–Crippen MR) is 72.8 cm³/mol. The SMILES string of the molecule is C/C(CC1CC(OC(N)=O)C1)=N\[S@+]([O-])C(C)(C)C. The maximum atomic E-state index is 11.8. The van der Waals surface area contributed by atoms with Crippen LogP contribution in [0.1, 0.15) is 47.0 Å². The maximum absolute atomic E-state index is 11.8. The third-order valence-electron chi connectivity index (χ3n) is 2.82. The first-order chi connectivity index (χ1) is 8.18. The Morgan fingerprint density at radius 1 is 1.50 bits per heavy atom. The van der Waals surface area contributed by atoms with Crippen molar-refractivity contribution in [3.05, 3.63) is 0 Å². The summed E-state index contributed by atoms with van der Waals surface area (Å²) >= 11 is -1.20. The van der Waals surface area contributed by atoms with Gasteiger partial charge in [0.25, 0.3) is 0 Å². The Hall–Kier alpha value is -0.750. The summed E-state index contributed by atoms with van der Waals surface area (Å²) in [5, 5.41) is 0. The van der Waals surface area contributed by atoms with Crippen LogP contribution in [-0.4, -0.2) is 27.2 Å². The molecule has 0 saturated heterocycles. The van der Waals surface area contributed by atoms with Crippen molar-refractivity contribution in [1.82, 2.24) is 0 Å². The van der Waals surface area contributed by atoms with Gasteiger partial charge in [-0.3, -0.25) is 0 Å². The third-order valence-corrected chi connectivity index (χ3v) is 4.35. The van der Waals surface area contributed by atoms with E-state index in [2.05, 4.69) is 4.40 Å². The molecule has 18 heavy (non-hydrogen) atoms. The second-order valence-electron chi connectivity index (χ2n) is 5.79. The zero-order valence-electron chi connectivity index (χ0n) is 11.4. The van der Waals surface area contributed by atoms with Crippen molar-refractivity contribution in [3.63, 3.8) is 0 Å². The molecule has 6 heteroatoms. The Bertz CT molecular complexity index is 333. The smallest absolute Gasteiger partial charge is 0.404 e. The maximum Gasteiger partial charge on any atom is 0.404 e. The average molecular weight is 274 g/mol. The fourth-order valence-corrected chi connectivity index (χ4v) is 2.47.